The van der Waals surface area contributed by atoms with Crippen LogP contribution in [0.1, 0.15) is 35.0 Å². The molecule has 0 bridgehead atoms. The Hall–Kier alpha value is -0.870. The van der Waals surface area contributed by atoms with Gasteiger partial charge in [0.25, 0.3) is 0 Å². The fourth-order valence-corrected chi connectivity index (χ4v) is 2.32. The molecule has 0 spiro atoms. The average Bonchev–Trinajstić information content (AvgIpc) is 2.74. The Morgan fingerprint density at radius 1 is 1.67 bits per heavy atom. The maximum Gasteiger partial charge on any atom is 0.249 e. The van der Waals surface area contributed by atoms with Gasteiger partial charge in [-0.15, -0.1) is 11.3 Å². The summed E-state index contributed by atoms with van der Waals surface area (Å²) in [6.45, 7) is 4.20. The molecule has 0 unspecified atom stereocenters. The number of hydrogen-bond acceptors (Lipinski definition) is 3. The number of nitrogens with one attached hydrogen (secondary N) is 1. The third-order valence-corrected chi connectivity index (χ3v) is 3.83. The lowest BCUT2D eigenvalue weighted by molar-refractivity contribution is 0.100. The largest absolute Gasteiger partial charge is 0.366 e. The van der Waals surface area contributed by atoms with Gasteiger partial charge in [0.15, 0.2) is 0 Å². The molecule has 1 saturated carbocycles. The van der Waals surface area contributed by atoms with Crippen molar-refractivity contribution < 1.29 is 4.79 Å². The van der Waals surface area contributed by atoms with Crippen molar-refractivity contribution in [3.05, 3.63) is 21.9 Å². The van der Waals surface area contributed by atoms with Gasteiger partial charge in [0.1, 0.15) is 0 Å². The summed E-state index contributed by atoms with van der Waals surface area (Å²) in [4.78, 5) is 12.0. The fourth-order valence-electron chi connectivity index (χ4n) is 1.48. The van der Waals surface area contributed by atoms with Crippen LogP contribution >= 0.6 is 11.3 Å². The standard InChI is InChI=1S/C11H16N2OS/c1-11(2-3-11)7-13-5-9-4-8(6-15-9)10(12)14/h4,6,13H,2-3,5,7H2,1H3,(H2,12,14). The van der Waals surface area contributed by atoms with E-state index in [2.05, 4.69) is 12.2 Å². The van der Waals surface area contributed by atoms with Crippen LogP contribution in [0.2, 0.25) is 0 Å². The molecular formula is C11H16N2OS. The summed E-state index contributed by atoms with van der Waals surface area (Å²) >= 11 is 1.59. The summed E-state index contributed by atoms with van der Waals surface area (Å²) in [7, 11) is 0. The van der Waals surface area contributed by atoms with E-state index in [9.17, 15) is 4.79 Å². The van der Waals surface area contributed by atoms with Gasteiger partial charge in [-0.25, -0.2) is 0 Å². The van der Waals surface area contributed by atoms with Gasteiger partial charge in [0, 0.05) is 23.3 Å². The molecular weight excluding hydrogens is 208 g/mol. The summed E-state index contributed by atoms with van der Waals surface area (Å²) in [5.41, 5.74) is 6.33. The highest BCUT2D eigenvalue weighted by Gasteiger charge is 2.36. The number of carbonyl (C=O) groups excluding carboxylic acids is 1. The van der Waals surface area contributed by atoms with E-state index < -0.39 is 0 Å². The van der Waals surface area contributed by atoms with Gasteiger partial charge in [-0.05, 0) is 24.3 Å². The molecule has 15 heavy (non-hydrogen) atoms. The molecule has 0 aromatic carbocycles. The highest BCUT2D eigenvalue weighted by Crippen LogP contribution is 2.44. The lowest BCUT2D eigenvalue weighted by Gasteiger charge is -2.08. The van der Waals surface area contributed by atoms with Gasteiger partial charge in [-0.1, -0.05) is 6.92 Å². The van der Waals surface area contributed by atoms with Crippen LogP contribution in [0.3, 0.4) is 0 Å². The molecule has 3 nitrogen and oxygen atoms in total. The minimum atomic E-state index is -0.341. The molecule has 0 radical (unpaired) electrons. The van der Waals surface area contributed by atoms with E-state index in [1.807, 2.05) is 11.4 Å². The summed E-state index contributed by atoms with van der Waals surface area (Å²) in [5, 5.41) is 5.23. The number of rotatable bonds is 5. The Morgan fingerprint density at radius 3 is 2.93 bits per heavy atom. The predicted octanol–water partition coefficient (Wildman–Crippen LogP) is 1.74. The second-order valence-electron chi connectivity index (χ2n) is 4.58. The normalized spacial score (nSPS) is 17.7. The fraction of sp³-hybridized carbons (Fsp3) is 0.545. The summed E-state index contributed by atoms with van der Waals surface area (Å²) in [6, 6.07) is 1.87. The van der Waals surface area contributed by atoms with Crippen molar-refractivity contribution in [2.24, 2.45) is 11.1 Å². The van der Waals surface area contributed by atoms with Crippen LogP contribution in [-0.2, 0) is 6.54 Å². The van der Waals surface area contributed by atoms with Crippen molar-refractivity contribution in [2.45, 2.75) is 26.3 Å². The zero-order valence-electron chi connectivity index (χ0n) is 8.88. The zero-order chi connectivity index (χ0) is 10.9. The van der Waals surface area contributed by atoms with E-state index in [-0.39, 0.29) is 5.91 Å². The maximum absolute atomic E-state index is 10.9. The first-order chi connectivity index (χ1) is 7.09. The molecule has 1 aromatic rings. The number of hydrogen-bond donors (Lipinski definition) is 2. The van der Waals surface area contributed by atoms with E-state index in [0.717, 1.165) is 13.1 Å². The van der Waals surface area contributed by atoms with Crippen LogP contribution < -0.4 is 11.1 Å². The molecule has 82 valence electrons. The van der Waals surface area contributed by atoms with E-state index in [1.54, 1.807) is 11.3 Å². The van der Waals surface area contributed by atoms with Gasteiger partial charge in [-0.2, -0.15) is 0 Å². The molecule has 0 aliphatic heterocycles. The van der Waals surface area contributed by atoms with Crippen molar-refractivity contribution in [2.75, 3.05) is 6.54 Å². The van der Waals surface area contributed by atoms with Crippen molar-refractivity contribution >= 4 is 17.2 Å². The SMILES string of the molecule is CC1(CNCc2cc(C(N)=O)cs2)CC1. The molecule has 3 N–H and O–H groups in total. The first-order valence-corrected chi connectivity index (χ1v) is 6.05. The lowest BCUT2D eigenvalue weighted by Crippen LogP contribution is -2.21. The zero-order valence-corrected chi connectivity index (χ0v) is 9.69. The van der Waals surface area contributed by atoms with Gasteiger partial charge >= 0.3 is 0 Å². The topological polar surface area (TPSA) is 55.1 Å². The Morgan fingerprint density at radius 2 is 2.40 bits per heavy atom. The van der Waals surface area contributed by atoms with E-state index in [4.69, 9.17) is 5.73 Å². The highest BCUT2D eigenvalue weighted by atomic mass is 32.1. The summed E-state index contributed by atoms with van der Waals surface area (Å²) < 4.78 is 0. The van der Waals surface area contributed by atoms with Crippen LogP contribution in [0.4, 0.5) is 0 Å². The number of primary amides is 1. The second-order valence-corrected chi connectivity index (χ2v) is 5.58. The molecule has 1 amide bonds. The Balaban J connectivity index is 1.80. The van der Waals surface area contributed by atoms with Crippen molar-refractivity contribution in [3.63, 3.8) is 0 Å². The Kier molecular flexibility index (Phi) is 2.80. The molecule has 1 fully saturated rings. The molecule has 1 aliphatic rings. The molecule has 1 aromatic heterocycles. The van der Waals surface area contributed by atoms with Gasteiger partial charge < -0.3 is 11.1 Å². The van der Waals surface area contributed by atoms with Crippen LogP contribution in [0.5, 0.6) is 0 Å². The smallest absolute Gasteiger partial charge is 0.249 e. The lowest BCUT2D eigenvalue weighted by atomic mass is 10.1. The maximum atomic E-state index is 10.9. The van der Waals surface area contributed by atoms with Crippen LogP contribution in [0.15, 0.2) is 11.4 Å². The van der Waals surface area contributed by atoms with E-state index >= 15 is 0 Å². The number of thiophene rings is 1. The molecule has 4 heteroatoms. The quantitative estimate of drug-likeness (QED) is 0.800. The van der Waals surface area contributed by atoms with Crippen LogP contribution in [0, 0.1) is 5.41 Å². The van der Waals surface area contributed by atoms with E-state index in [0.29, 0.717) is 11.0 Å². The third kappa shape index (κ3) is 2.79. The van der Waals surface area contributed by atoms with Crippen molar-refractivity contribution in [3.8, 4) is 0 Å². The first-order valence-electron chi connectivity index (χ1n) is 5.17. The third-order valence-electron chi connectivity index (χ3n) is 2.89. The number of carbonyl (C=O) groups is 1. The molecule has 1 heterocycles. The summed E-state index contributed by atoms with van der Waals surface area (Å²) in [6.07, 6.45) is 2.66. The Labute approximate surface area is 93.7 Å². The van der Waals surface area contributed by atoms with E-state index in [1.165, 1.54) is 17.7 Å². The van der Waals surface area contributed by atoms with Gasteiger partial charge in [-0.3, -0.25) is 4.79 Å². The average molecular weight is 224 g/mol. The van der Waals surface area contributed by atoms with Crippen molar-refractivity contribution in [1.29, 1.82) is 0 Å². The number of nitrogens with two attached hydrogens (primary N) is 1. The summed E-state index contributed by atoms with van der Waals surface area (Å²) in [5.74, 6) is -0.341. The molecule has 2 rings (SSSR count). The molecule has 0 atom stereocenters. The van der Waals surface area contributed by atoms with Crippen LogP contribution in [-0.4, -0.2) is 12.5 Å². The first kappa shape index (κ1) is 10.6. The predicted molar refractivity (Wildman–Crippen MR) is 61.9 cm³/mol. The van der Waals surface area contributed by atoms with Crippen LogP contribution in [0.25, 0.3) is 0 Å². The van der Waals surface area contributed by atoms with Gasteiger partial charge in [0.2, 0.25) is 5.91 Å². The molecule has 1 aliphatic carbocycles. The minimum absolute atomic E-state index is 0.341. The number of amides is 1. The minimum Gasteiger partial charge on any atom is -0.366 e. The second kappa shape index (κ2) is 3.94. The Bertz CT molecular complexity index is 368. The monoisotopic (exact) mass is 224 g/mol. The van der Waals surface area contributed by atoms with Crippen molar-refractivity contribution in [1.82, 2.24) is 5.32 Å². The molecule has 0 saturated heterocycles. The highest BCUT2D eigenvalue weighted by molar-refractivity contribution is 7.10. The van der Waals surface area contributed by atoms with Gasteiger partial charge in [0.05, 0.1) is 5.56 Å².